The van der Waals surface area contributed by atoms with Crippen molar-refractivity contribution < 1.29 is 9.18 Å². The van der Waals surface area contributed by atoms with Crippen molar-refractivity contribution in [2.75, 3.05) is 0 Å². The molecule has 7 nitrogen and oxygen atoms in total. The maximum absolute atomic E-state index is 14.3. The number of hydrogen-bond acceptors (Lipinski definition) is 4. The molecule has 8 heteroatoms. The topological polar surface area (TPSA) is 86.0 Å². The summed E-state index contributed by atoms with van der Waals surface area (Å²) in [5, 5.41) is 6.60. The van der Waals surface area contributed by atoms with Gasteiger partial charge in [-0.05, 0) is 30.5 Å². The monoisotopic (exact) mass is 380 g/mol. The number of nitrogens with zero attached hydrogens (tertiary/aromatic N) is 3. The Labute approximate surface area is 159 Å². The number of halogens is 1. The number of benzene rings is 2. The molecule has 1 aromatic heterocycles. The van der Waals surface area contributed by atoms with Gasteiger partial charge in [-0.2, -0.15) is 9.78 Å². The van der Waals surface area contributed by atoms with E-state index in [1.807, 2.05) is 6.07 Å². The summed E-state index contributed by atoms with van der Waals surface area (Å²) in [5.41, 5.74) is -1.50. The molecule has 1 amide bonds. The Balaban J connectivity index is 1.89. The Hall–Kier alpha value is -3.55. The van der Waals surface area contributed by atoms with Crippen molar-refractivity contribution in [2.45, 2.75) is 25.4 Å². The molecule has 0 spiro atoms. The molecule has 0 radical (unpaired) electrons. The lowest BCUT2D eigenvalue weighted by molar-refractivity contribution is 0.0941. The van der Waals surface area contributed by atoms with Crippen LogP contribution in [0.2, 0.25) is 0 Å². The van der Waals surface area contributed by atoms with E-state index in [4.69, 9.17) is 0 Å². The molecule has 0 aliphatic heterocycles. The first-order valence-electron chi connectivity index (χ1n) is 8.88. The van der Waals surface area contributed by atoms with Crippen LogP contribution in [0.3, 0.4) is 0 Å². The molecule has 1 heterocycles. The number of carbonyl (C=O) groups is 1. The van der Waals surface area contributed by atoms with Gasteiger partial charge in [0.05, 0.1) is 6.54 Å². The van der Waals surface area contributed by atoms with E-state index in [1.54, 1.807) is 30.3 Å². The van der Waals surface area contributed by atoms with Crippen LogP contribution >= 0.6 is 0 Å². The highest BCUT2D eigenvalue weighted by atomic mass is 19.1. The van der Waals surface area contributed by atoms with E-state index in [-0.39, 0.29) is 18.3 Å². The third-order valence-corrected chi connectivity index (χ3v) is 4.45. The highest BCUT2D eigenvalue weighted by Gasteiger charge is 2.27. The minimum atomic E-state index is -0.818. The van der Waals surface area contributed by atoms with Crippen LogP contribution in [0.1, 0.15) is 28.9 Å². The Morgan fingerprint density at radius 2 is 1.75 bits per heavy atom. The van der Waals surface area contributed by atoms with Crippen LogP contribution in [0.25, 0.3) is 5.69 Å². The molecule has 2 aromatic carbocycles. The molecule has 142 valence electrons. The van der Waals surface area contributed by atoms with Crippen LogP contribution in [-0.4, -0.2) is 26.3 Å². The lowest BCUT2D eigenvalue weighted by Crippen LogP contribution is -2.46. The van der Waals surface area contributed by atoms with Crippen LogP contribution in [0.15, 0.2) is 64.2 Å². The predicted octanol–water partition coefficient (Wildman–Crippen LogP) is 1.47. The second-order valence-electron chi connectivity index (χ2n) is 6.62. The van der Waals surface area contributed by atoms with Crippen molar-refractivity contribution >= 4 is 5.91 Å². The molecule has 1 aliphatic carbocycles. The fourth-order valence-corrected chi connectivity index (χ4v) is 2.82. The lowest BCUT2D eigenvalue weighted by Gasteiger charge is -2.12. The van der Waals surface area contributed by atoms with Gasteiger partial charge in [0, 0.05) is 6.04 Å². The second kappa shape index (κ2) is 7.22. The van der Waals surface area contributed by atoms with Gasteiger partial charge in [-0.25, -0.2) is 9.18 Å². The van der Waals surface area contributed by atoms with Crippen molar-refractivity contribution in [3.8, 4) is 5.69 Å². The van der Waals surface area contributed by atoms with Crippen LogP contribution in [0.4, 0.5) is 4.39 Å². The molecule has 4 rings (SSSR count). The van der Waals surface area contributed by atoms with Gasteiger partial charge in [-0.15, -0.1) is 0 Å². The molecule has 0 bridgehead atoms. The van der Waals surface area contributed by atoms with Gasteiger partial charge < -0.3 is 5.32 Å². The van der Waals surface area contributed by atoms with Crippen LogP contribution < -0.4 is 16.6 Å². The van der Waals surface area contributed by atoms with Crippen molar-refractivity contribution in [1.29, 1.82) is 0 Å². The molecule has 1 N–H and O–H groups in total. The van der Waals surface area contributed by atoms with Crippen LogP contribution in [0, 0.1) is 5.82 Å². The largest absolute Gasteiger partial charge is 0.352 e. The standard InChI is InChI=1S/C20H17FN4O3/c21-15-8-4-5-9-16(15)25-20(28)24(12-13-6-2-1-3-7-13)19(27)17(23-25)18(26)22-14-10-11-14/h1-9,14H,10-12H2,(H,22,26). The molecule has 0 atom stereocenters. The van der Waals surface area contributed by atoms with Gasteiger partial charge in [-0.3, -0.25) is 14.2 Å². The van der Waals surface area contributed by atoms with Gasteiger partial charge in [-0.1, -0.05) is 42.5 Å². The summed E-state index contributed by atoms with van der Waals surface area (Å²) in [5.74, 6) is -1.35. The van der Waals surface area contributed by atoms with Crippen molar-refractivity contribution in [3.63, 3.8) is 0 Å². The zero-order valence-corrected chi connectivity index (χ0v) is 14.8. The summed E-state index contributed by atoms with van der Waals surface area (Å²) in [7, 11) is 0. The second-order valence-corrected chi connectivity index (χ2v) is 6.62. The molecule has 1 fully saturated rings. The smallest absolute Gasteiger partial charge is 0.348 e. The summed E-state index contributed by atoms with van der Waals surface area (Å²) < 4.78 is 15.9. The van der Waals surface area contributed by atoms with Crippen LogP contribution in [-0.2, 0) is 6.54 Å². The summed E-state index contributed by atoms with van der Waals surface area (Å²) >= 11 is 0. The molecule has 0 unspecified atom stereocenters. The van der Waals surface area contributed by atoms with Gasteiger partial charge in [0.25, 0.3) is 11.5 Å². The highest BCUT2D eigenvalue weighted by Crippen LogP contribution is 2.18. The fourth-order valence-electron chi connectivity index (χ4n) is 2.82. The first-order valence-corrected chi connectivity index (χ1v) is 8.88. The van der Waals surface area contributed by atoms with E-state index in [2.05, 4.69) is 10.4 Å². The number of rotatable bonds is 5. The lowest BCUT2D eigenvalue weighted by atomic mass is 10.2. The molecule has 3 aromatic rings. The molecule has 28 heavy (non-hydrogen) atoms. The number of aromatic nitrogens is 3. The Bertz CT molecular complexity index is 1150. The predicted molar refractivity (Wildman–Crippen MR) is 100 cm³/mol. The van der Waals surface area contributed by atoms with E-state index in [0.29, 0.717) is 5.56 Å². The van der Waals surface area contributed by atoms with Gasteiger partial charge in [0.15, 0.2) is 0 Å². The van der Waals surface area contributed by atoms with E-state index >= 15 is 0 Å². The number of hydrogen-bond donors (Lipinski definition) is 1. The maximum Gasteiger partial charge on any atom is 0.352 e. The number of carbonyl (C=O) groups excluding carboxylic acids is 1. The maximum atomic E-state index is 14.3. The van der Waals surface area contributed by atoms with E-state index in [0.717, 1.165) is 22.1 Å². The summed E-state index contributed by atoms with van der Waals surface area (Å²) in [6.45, 7) is -0.0564. The minimum absolute atomic E-state index is 0.00473. The average molecular weight is 380 g/mol. The molecule has 1 saturated carbocycles. The van der Waals surface area contributed by atoms with E-state index < -0.39 is 28.7 Å². The number of amides is 1. The van der Waals surface area contributed by atoms with Gasteiger partial charge >= 0.3 is 5.69 Å². The van der Waals surface area contributed by atoms with Crippen molar-refractivity contribution in [3.05, 3.63) is 92.5 Å². The Morgan fingerprint density at radius 1 is 1.07 bits per heavy atom. The summed E-state index contributed by atoms with van der Waals surface area (Å²) in [4.78, 5) is 38.3. The summed E-state index contributed by atoms with van der Waals surface area (Å²) in [6.07, 6.45) is 1.66. The fraction of sp³-hybridized carbons (Fsp3) is 0.200. The summed E-state index contributed by atoms with van der Waals surface area (Å²) in [6, 6.07) is 14.4. The normalized spacial score (nSPS) is 13.3. The number of para-hydroxylation sites is 1. The zero-order valence-electron chi connectivity index (χ0n) is 14.8. The highest BCUT2D eigenvalue weighted by molar-refractivity contribution is 5.92. The number of nitrogens with one attached hydrogen (secondary N) is 1. The quantitative estimate of drug-likeness (QED) is 0.726. The molecule has 0 saturated heterocycles. The zero-order chi connectivity index (χ0) is 19.7. The average Bonchev–Trinajstić information content (AvgIpc) is 3.51. The molecule has 1 aliphatic rings. The van der Waals surface area contributed by atoms with Gasteiger partial charge in [0.1, 0.15) is 11.5 Å². The molecular formula is C20H17FN4O3. The van der Waals surface area contributed by atoms with E-state index in [9.17, 15) is 18.8 Å². The van der Waals surface area contributed by atoms with Crippen LogP contribution in [0.5, 0.6) is 0 Å². The molecular weight excluding hydrogens is 363 g/mol. The first-order chi connectivity index (χ1) is 13.5. The SMILES string of the molecule is O=C(NC1CC1)c1nn(-c2ccccc2F)c(=O)n(Cc2ccccc2)c1=O. The van der Waals surface area contributed by atoms with Gasteiger partial charge in [0.2, 0.25) is 5.69 Å². The third-order valence-electron chi connectivity index (χ3n) is 4.45. The first kappa shape index (κ1) is 17.8. The Kier molecular flexibility index (Phi) is 4.60. The van der Waals surface area contributed by atoms with Crippen molar-refractivity contribution in [1.82, 2.24) is 19.7 Å². The van der Waals surface area contributed by atoms with Crippen molar-refractivity contribution in [2.24, 2.45) is 0 Å². The Morgan fingerprint density at radius 3 is 2.43 bits per heavy atom. The minimum Gasteiger partial charge on any atom is -0.348 e. The van der Waals surface area contributed by atoms with E-state index in [1.165, 1.54) is 18.2 Å². The third kappa shape index (κ3) is 3.48.